The monoisotopic (exact) mass is 282 g/mol. The number of benzene rings is 1. The highest BCUT2D eigenvalue weighted by Crippen LogP contribution is 2.23. The zero-order valence-corrected chi connectivity index (χ0v) is 12.2. The van der Waals surface area contributed by atoms with Crippen molar-refractivity contribution in [1.82, 2.24) is 4.90 Å². The normalized spacial score (nSPS) is 19.9. The van der Waals surface area contributed by atoms with Gasteiger partial charge in [0.05, 0.1) is 0 Å². The molecule has 2 N–H and O–H groups in total. The second kappa shape index (κ2) is 7.51. The summed E-state index contributed by atoms with van der Waals surface area (Å²) < 4.78 is 0. The molecule has 1 fully saturated rings. The fourth-order valence-corrected chi connectivity index (χ4v) is 2.71. The van der Waals surface area contributed by atoms with Crippen LogP contribution in [-0.2, 0) is 4.79 Å². The minimum absolute atomic E-state index is 0. The Morgan fingerprint density at radius 2 is 2.11 bits per heavy atom. The SMILES string of the molecule is CCC1CCCN1C(=O)CC(N)c1ccccc1.Cl. The highest BCUT2D eigenvalue weighted by molar-refractivity contribution is 5.85. The Hall–Kier alpha value is -1.06. The van der Waals surface area contributed by atoms with Crippen LogP contribution in [0.4, 0.5) is 0 Å². The van der Waals surface area contributed by atoms with Crippen molar-refractivity contribution in [2.24, 2.45) is 5.73 Å². The van der Waals surface area contributed by atoms with Gasteiger partial charge in [0, 0.05) is 25.0 Å². The maximum Gasteiger partial charge on any atom is 0.224 e. The van der Waals surface area contributed by atoms with Crippen LogP contribution in [0.15, 0.2) is 30.3 Å². The standard InChI is InChI=1S/C15H22N2O.ClH/c1-2-13-9-6-10-17(13)15(18)11-14(16)12-7-4-3-5-8-12;/h3-5,7-8,13-14H,2,6,9-11,16H2,1H3;1H. The zero-order valence-electron chi connectivity index (χ0n) is 11.4. The Balaban J connectivity index is 0.00000180. The molecule has 3 nitrogen and oxygen atoms in total. The van der Waals surface area contributed by atoms with Crippen LogP contribution in [-0.4, -0.2) is 23.4 Å². The van der Waals surface area contributed by atoms with Crippen LogP contribution in [0, 0.1) is 0 Å². The number of carbonyl (C=O) groups is 1. The Morgan fingerprint density at radius 1 is 1.42 bits per heavy atom. The summed E-state index contributed by atoms with van der Waals surface area (Å²) in [7, 11) is 0. The Labute approximate surface area is 121 Å². The highest BCUT2D eigenvalue weighted by atomic mass is 35.5. The molecule has 0 radical (unpaired) electrons. The molecule has 1 aliphatic rings. The van der Waals surface area contributed by atoms with Gasteiger partial charge in [-0.05, 0) is 24.8 Å². The average molecular weight is 283 g/mol. The van der Waals surface area contributed by atoms with E-state index in [1.54, 1.807) is 0 Å². The van der Waals surface area contributed by atoms with E-state index in [-0.39, 0.29) is 24.4 Å². The summed E-state index contributed by atoms with van der Waals surface area (Å²) in [6, 6.07) is 10.1. The van der Waals surface area contributed by atoms with Crippen molar-refractivity contribution < 1.29 is 4.79 Å². The lowest BCUT2D eigenvalue weighted by Crippen LogP contribution is -2.36. The minimum Gasteiger partial charge on any atom is -0.340 e. The van der Waals surface area contributed by atoms with E-state index in [1.165, 1.54) is 0 Å². The van der Waals surface area contributed by atoms with Gasteiger partial charge < -0.3 is 10.6 Å². The first kappa shape index (κ1) is 16.0. The summed E-state index contributed by atoms with van der Waals surface area (Å²) in [4.78, 5) is 14.3. The lowest BCUT2D eigenvalue weighted by Gasteiger charge is -2.25. The van der Waals surface area contributed by atoms with Gasteiger partial charge in [0.2, 0.25) is 5.91 Å². The third-order valence-electron chi connectivity index (χ3n) is 3.79. The minimum atomic E-state index is -0.184. The smallest absolute Gasteiger partial charge is 0.224 e. The molecule has 2 rings (SSSR count). The summed E-state index contributed by atoms with van der Waals surface area (Å²) in [6.07, 6.45) is 3.74. The molecule has 4 heteroatoms. The number of carbonyl (C=O) groups excluding carboxylic acids is 1. The van der Waals surface area contributed by atoms with Crippen molar-refractivity contribution in [3.63, 3.8) is 0 Å². The molecule has 1 aliphatic heterocycles. The number of likely N-dealkylation sites (tertiary alicyclic amines) is 1. The van der Waals surface area contributed by atoms with Crippen molar-refractivity contribution in [3.05, 3.63) is 35.9 Å². The maximum atomic E-state index is 12.2. The van der Waals surface area contributed by atoms with E-state index in [1.807, 2.05) is 35.2 Å². The molecular weight excluding hydrogens is 260 g/mol. The third-order valence-corrected chi connectivity index (χ3v) is 3.79. The molecular formula is C15H23ClN2O. The van der Waals surface area contributed by atoms with Crippen molar-refractivity contribution in [3.8, 4) is 0 Å². The van der Waals surface area contributed by atoms with Crippen LogP contribution in [0.5, 0.6) is 0 Å². The molecule has 1 heterocycles. The van der Waals surface area contributed by atoms with Gasteiger partial charge in [-0.15, -0.1) is 12.4 Å². The molecule has 106 valence electrons. The summed E-state index contributed by atoms with van der Waals surface area (Å²) in [5.74, 6) is 0.204. The first-order valence-corrected chi connectivity index (χ1v) is 6.82. The second-order valence-electron chi connectivity index (χ2n) is 5.01. The quantitative estimate of drug-likeness (QED) is 0.923. The molecule has 1 amide bonds. The molecule has 19 heavy (non-hydrogen) atoms. The number of amides is 1. The van der Waals surface area contributed by atoms with Gasteiger partial charge in [0.25, 0.3) is 0 Å². The fraction of sp³-hybridized carbons (Fsp3) is 0.533. The number of nitrogens with zero attached hydrogens (tertiary/aromatic N) is 1. The Morgan fingerprint density at radius 3 is 2.74 bits per heavy atom. The molecule has 0 bridgehead atoms. The third kappa shape index (κ3) is 3.95. The first-order valence-electron chi connectivity index (χ1n) is 6.82. The number of halogens is 1. The van der Waals surface area contributed by atoms with E-state index < -0.39 is 0 Å². The molecule has 0 aliphatic carbocycles. The summed E-state index contributed by atoms with van der Waals surface area (Å²) in [5.41, 5.74) is 7.14. The lowest BCUT2D eigenvalue weighted by atomic mass is 10.0. The van der Waals surface area contributed by atoms with Gasteiger partial charge >= 0.3 is 0 Å². The van der Waals surface area contributed by atoms with E-state index >= 15 is 0 Å². The topological polar surface area (TPSA) is 46.3 Å². The summed E-state index contributed by atoms with van der Waals surface area (Å²) in [6.45, 7) is 3.05. The van der Waals surface area contributed by atoms with Crippen LogP contribution < -0.4 is 5.73 Å². The van der Waals surface area contributed by atoms with Crippen molar-refractivity contribution in [2.75, 3.05) is 6.54 Å². The molecule has 0 aromatic heterocycles. The molecule has 2 atom stereocenters. The molecule has 1 aromatic carbocycles. The van der Waals surface area contributed by atoms with Crippen LogP contribution in [0.3, 0.4) is 0 Å². The van der Waals surface area contributed by atoms with Crippen LogP contribution in [0.1, 0.15) is 44.2 Å². The number of hydrogen-bond acceptors (Lipinski definition) is 2. The van der Waals surface area contributed by atoms with Crippen LogP contribution in [0.2, 0.25) is 0 Å². The Bertz CT molecular complexity index is 396. The molecule has 0 spiro atoms. The lowest BCUT2D eigenvalue weighted by molar-refractivity contribution is -0.132. The molecule has 1 saturated heterocycles. The van der Waals surface area contributed by atoms with Crippen LogP contribution >= 0.6 is 12.4 Å². The average Bonchev–Trinajstić information content (AvgIpc) is 2.88. The van der Waals surface area contributed by atoms with E-state index in [4.69, 9.17) is 5.73 Å². The van der Waals surface area contributed by atoms with Gasteiger partial charge in [-0.1, -0.05) is 37.3 Å². The van der Waals surface area contributed by atoms with Gasteiger partial charge in [-0.25, -0.2) is 0 Å². The first-order chi connectivity index (χ1) is 8.72. The van der Waals surface area contributed by atoms with Crippen LogP contribution in [0.25, 0.3) is 0 Å². The summed E-state index contributed by atoms with van der Waals surface area (Å²) >= 11 is 0. The van der Waals surface area contributed by atoms with Crippen molar-refractivity contribution in [1.29, 1.82) is 0 Å². The highest BCUT2D eigenvalue weighted by Gasteiger charge is 2.28. The maximum absolute atomic E-state index is 12.2. The molecule has 0 saturated carbocycles. The molecule has 1 aromatic rings. The van der Waals surface area contributed by atoms with E-state index in [9.17, 15) is 4.79 Å². The number of hydrogen-bond donors (Lipinski definition) is 1. The van der Waals surface area contributed by atoms with E-state index in [0.717, 1.165) is 31.4 Å². The molecule has 2 unspecified atom stereocenters. The van der Waals surface area contributed by atoms with Gasteiger partial charge in [-0.2, -0.15) is 0 Å². The van der Waals surface area contributed by atoms with Gasteiger partial charge in [-0.3, -0.25) is 4.79 Å². The summed E-state index contributed by atoms with van der Waals surface area (Å²) in [5, 5.41) is 0. The Kier molecular flexibility index (Phi) is 6.32. The predicted octanol–water partition coefficient (Wildman–Crippen LogP) is 2.90. The zero-order chi connectivity index (χ0) is 13.0. The van der Waals surface area contributed by atoms with Crippen molar-refractivity contribution in [2.45, 2.75) is 44.7 Å². The predicted molar refractivity (Wildman–Crippen MR) is 80.3 cm³/mol. The van der Waals surface area contributed by atoms with E-state index in [0.29, 0.717) is 12.5 Å². The fourth-order valence-electron chi connectivity index (χ4n) is 2.71. The largest absolute Gasteiger partial charge is 0.340 e. The van der Waals surface area contributed by atoms with Gasteiger partial charge in [0.1, 0.15) is 0 Å². The van der Waals surface area contributed by atoms with E-state index in [2.05, 4.69) is 6.92 Å². The van der Waals surface area contributed by atoms with Crippen molar-refractivity contribution >= 4 is 18.3 Å². The number of rotatable bonds is 4. The number of nitrogens with two attached hydrogens (primary N) is 1. The second-order valence-corrected chi connectivity index (χ2v) is 5.01. The van der Waals surface area contributed by atoms with Gasteiger partial charge in [0.15, 0.2) is 0 Å².